The van der Waals surface area contributed by atoms with E-state index in [1.807, 2.05) is 6.92 Å². The van der Waals surface area contributed by atoms with Gasteiger partial charge in [0.05, 0.1) is 13.7 Å². The van der Waals surface area contributed by atoms with Gasteiger partial charge in [-0.1, -0.05) is 0 Å². The number of likely N-dealkylation sites (N-methyl/N-ethyl adjacent to an activating group) is 1. The highest BCUT2D eigenvalue weighted by Gasteiger charge is 2.23. The highest BCUT2D eigenvalue weighted by Crippen LogP contribution is 2.37. The molecule has 94 valence electrons. The van der Waals surface area contributed by atoms with Crippen LogP contribution >= 0.6 is 0 Å². The molecule has 0 saturated carbocycles. The van der Waals surface area contributed by atoms with Gasteiger partial charge in [0.2, 0.25) is 0 Å². The zero-order chi connectivity index (χ0) is 12.4. The van der Waals surface area contributed by atoms with Crippen LogP contribution in [0, 0.1) is 0 Å². The molecule has 2 rings (SSSR count). The molecule has 3 heteroatoms. The number of ether oxygens (including phenoxy) is 2. The summed E-state index contributed by atoms with van der Waals surface area (Å²) < 4.78 is 11.0. The van der Waals surface area contributed by atoms with Crippen molar-refractivity contribution >= 4 is 0 Å². The summed E-state index contributed by atoms with van der Waals surface area (Å²) in [6, 6.07) is 4.71. The Morgan fingerprint density at radius 1 is 1.35 bits per heavy atom. The predicted molar refractivity (Wildman–Crippen MR) is 68.9 cm³/mol. The number of fused-ring (bicyclic) bond motifs is 1. The van der Waals surface area contributed by atoms with Crippen LogP contribution in [0.3, 0.4) is 0 Å². The molecule has 17 heavy (non-hydrogen) atoms. The Balaban J connectivity index is 2.43. The lowest BCUT2D eigenvalue weighted by Gasteiger charge is -2.32. The van der Waals surface area contributed by atoms with Crippen LogP contribution in [-0.4, -0.2) is 32.2 Å². The molecule has 1 aliphatic heterocycles. The molecular weight excluding hydrogens is 214 g/mol. The molecule has 1 aromatic carbocycles. The maximum absolute atomic E-state index is 5.62. The number of hydrogen-bond acceptors (Lipinski definition) is 3. The Labute approximate surface area is 103 Å². The molecule has 1 atom stereocenters. The van der Waals surface area contributed by atoms with Gasteiger partial charge in [0.25, 0.3) is 0 Å². The van der Waals surface area contributed by atoms with E-state index in [4.69, 9.17) is 9.47 Å². The van der Waals surface area contributed by atoms with Crippen LogP contribution in [0.4, 0.5) is 0 Å². The minimum absolute atomic E-state index is 0.448. The third kappa shape index (κ3) is 2.25. The lowest BCUT2D eigenvalue weighted by Crippen LogP contribution is -2.30. The van der Waals surface area contributed by atoms with Crippen LogP contribution in [0.2, 0.25) is 0 Å². The average molecular weight is 235 g/mol. The summed E-state index contributed by atoms with van der Waals surface area (Å²) in [7, 11) is 3.86. The molecule has 1 heterocycles. The lowest BCUT2D eigenvalue weighted by molar-refractivity contribution is 0.245. The summed E-state index contributed by atoms with van der Waals surface area (Å²) in [6.07, 6.45) is 1.08. The van der Waals surface area contributed by atoms with E-state index in [1.54, 1.807) is 7.11 Å². The SMILES string of the molecule is CCOc1cc2c(cc1OC)C(C)N(C)CC2. The van der Waals surface area contributed by atoms with E-state index >= 15 is 0 Å². The van der Waals surface area contributed by atoms with Gasteiger partial charge in [-0.15, -0.1) is 0 Å². The highest BCUT2D eigenvalue weighted by molar-refractivity contribution is 5.49. The Bertz CT molecular complexity index is 403. The van der Waals surface area contributed by atoms with E-state index in [0.717, 1.165) is 24.5 Å². The summed E-state index contributed by atoms with van der Waals surface area (Å²) in [4.78, 5) is 2.36. The predicted octanol–water partition coefficient (Wildman–Crippen LogP) is 2.64. The molecule has 1 aromatic rings. The fourth-order valence-corrected chi connectivity index (χ4v) is 2.38. The van der Waals surface area contributed by atoms with E-state index in [1.165, 1.54) is 11.1 Å². The summed E-state index contributed by atoms with van der Waals surface area (Å²) in [5.41, 5.74) is 2.75. The van der Waals surface area contributed by atoms with E-state index in [-0.39, 0.29) is 0 Å². The van der Waals surface area contributed by atoms with Gasteiger partial charge in [-0.3, -0.25) is 4.90 Å². The number of benzene rings is 1. The van der Waals surface area contributed by atoms with Gasteiger partial charge in [-0.2, -0.15) is 0 Å². The molecule has 0 aromatic heterocycles. The fourth-order valence-electron chi connectivity index (χ4n) is 2.38. The van der Waals surface area contributed by atoms with Crippen molar-refractivity contribution < 1.29 is 9.47 Å². The van der Waals surface area contributed by atoms with Crippen molar-refractivity contribution in [1.29, 1.82) is 0 Å². The van der Waals surface area contributed by atoms with Gasteiger partial charge in [-0.05, 0) is 50.6 Å². The number of nitrogens with zero attached hydrogens (tertiary/aromatic N) is 1. The van der Waals surface area contributed by atoms with Crippen molar-refractivity contribution in [2.75, 3.05) is 27.3 Å². The topological polar surface area (TPSA) is 21.7 Å². The van der Waals surface area contributed by atoms with E-state index in [9.17, 15) is 0 Å². The van der Waals surface area contributed by atoms with Crippen LogP contribution in [-0.2, 0) is 6.42 Å². The molecule has 0 fully saturated rings. The Morgan fingerprint density at radius 3 is 2.76 bits per heavy atom. The van der Waals surface area contributed by atoms with Crippen LogP contribution in [0.1, 0.15) is 31.0 Å². The Kier molecular flexibility index (Phi) is 3.57. The zero-order valence-electron chi connectivity index (χ0n) is 11.1. The summed E-state index contributed by atoms with van der Waals surface area (Å²) in [6.45, 7) is 6.00. The van der Waals surface area contributed by atoms with Crippen molar-refractivity contribution in [3.05, 3.63) is 23.3 Å². The van der Waals surface area contributed by atoms with Gasteiger partial charge in [0.15, 0.2) is 11.5 Å². The summed E-state index contributed by atoms with van der Waals surface area (Å²) in [5.74, 6) is 1.71. The largest absolute Gasteiger partial charge is 0.493 e. The molecule has 0 aliphatic carbocycles. The van der Waals surface area contributed by atoms with Gasteiger partial charge in [-0.25, -0.2) is 0 Å². The van der Waals surface area contributed by atoms with Crippen LogP contribution in [0.15, 0.2) is 12.1 Å². The first kappa shape index (κ1) is 12.2. The number of hydrogen-bond donors (Lipinski definition) is 0. The second-order valence-corrected chi connectivity index (χ2v) is 4.54. The quantitative estimate of drug-likeness (QED) is 0.804. The maximum Gasteiger partial charge on any atom is 0.161 e. The van der Waals surface area contributed by atoms with Crippen molar-refractivity contribution in [3.63, 3.8) is 0 Å². The number of methoxy groups -OCH3 is 1. The van der Waals surface area contributed by atoms with E-state index in [2.05, 4.69) is 31.0 Å². The van der Waals surface area contributed by atoms with Crippen molar-refractivity contribution in [2.24, 2.45) is 0 Å². The van der Waals surface area contributed by atoms with Gasteiger partial charge >= 0.3 is 0 Å². The van der Waals surface area contributed by atoms with Crippen LogP contribution in [0.25, 0.3) is 0 Å². The second kappa shape index (κ2) is 4.96. The Hall–Kier alpha value is -1.22. The smallest absolute Gasteiger partial charge is 0.161 e. The van der Waals surface area contributed by atoms with E-state index in [0.29, 0.717) is 12.6 Å². The van der Waals surface area contributed by atoms with Crippen LogP contribution < -0.4 is 9.47 Å². The van der Waals surface area contributed by atoms with Gasteiger partial charge in [0.1, 0.15) is 0 Å². The van der Waals surface area contributed by atoms with Crippen molar-refractivity contribution in [2.45, 2.75) is 26.3 Å². The molecule has 0 spiro atoms. The first-order valence-corrected chi connectivity index (χ1v) is 6.21. The van der Waals surface area contributed by atoms with Crippen molar-refractivity contribution in [1.82, 2.24) is 4.90 Å². The normalized spacial score (nSPS) is 19.9. The number of rotatable bonds is 3. The minimum Gasteiger partial charge on any atom is -0.493 e. The van der Waals surface area contributed by atoms with Crippen molar-refractivity contribution in [3.8, 4) is 11.5 Å². The standard InChI is InChI=1S/C14H21NO2/c1-5-17-14-8-11-6-7-15(3)10(2)12(11)9-13(14)16-4/h8-10H,5-7H2,1-4H3. The first-order chi connectivity index (χ1) is 8.17. The van der Waals surface area contributed by atoms with Crippen LogP contribution in [0.5, 0.6) is 11.5 Å². The Morgan fingerprint density at radius 2 is 2.12 bits per heavy atom. The third-order valence-corrected chi connectivity index (χ3v) is 3.57. The average Bonchev–Trinajstić information content (AvgIpc) is 2.34. The van der Waals surface area contributed by atoms with Gasteiger partial charge in [0, 0.05) is 12.6 Å². The zero-order valence-corrected chi connectivity index (χ0v) is 11.1. The molecule has 1 unspecified atom stereocenters. The second-order valence-electron chi connectivity index (χ2n) is 4.54. The molecular formula is C14H21NO2. The minimum atomic E-state index is 0.448. The molecule has 0 saturated heterocycles. The molecule has 3 nitrogen and oxygen atoms in total. The molecule has 0 bridgehead atoms. The fraction of sp³-hybridized carbons (Fsp3) is 0.571. The first-order valence-electron chi connectivity index (χ1n) is 6.21. The molecule has 0 amide bonds. The third-order valence-electron chi connectivity index (χ3n) is 3.57. The lowest BCUT2D eigenvalue weighted by atomic mass is 9.93. The monoisotopic (exact) mass is 235 g/mol. The molecule has 0 radical (unpaired) electrons. The maximum atomic E-state index is 5.62. The van der Waals surface area contributed by atoms with Gasteiger partial charge < -0.3 is 9.47 Å². The summed E-state index contributed by atoms with van der Waals surface area (Å²) in [5, 5.41) is 0. The highest BCUT2D eigenvalue weighted by atomic mass is 16.5. The summed E-state index contributed by atoms with van der Waals surface area (Å²) >= 11 is 0. The van der Waals surface area contributed by atoms with E-state index < -0.39 is 0 Å². The molecule has 0 N–H and O–H groups in total. The molecule has 1 aliphatic rings.